The molecule has 0 radical (unpaired) electrons. The van der Waals surface area contributed by atoms with Crippen molar-refractivity contribution < 1.29 is 14.0 Å². The number of alkyl halides is 2. The number of amides is 2. The van der Waals surface area contributed by atoms with Gasteiger partial charge in [0.1, 0.15) is 10.2 Å². The van der Waals surface area contributed by atoms with Gasteiger partial charge < -0.3 is 10.6 Å². The molecule has 1 fully saturated rings. The third kappa shape index (κ3) is 5.23. The molecule has 0 unspecified atom stereocenters. The second-order valence-electron chi connectivity index (χ2n) is 7.48. The van der Waals surface area contributed by atoms with Gasteiger partial charge in [0.2, 0.25) is 5.91 Å². The van der Waals surface area contributed by atoms with Gasteiger partial charge in [-0.25, -0.2) is 4.39 Å². The van der Waals surface area contributed by atoms with E-state index in [0.717, 1.165) is 0 Å². The fourth-order valence-electron chi connectivity index (χ4n) is 3.58. The molecule has 1 aliphatic carbocycles. The number of carbonyl (C=O) groups is 2. The van der Waals surface area contributed by atoms with E-state index >= 15 is 0 Å². The van der Waals surface area contributed by atoms with Crippen LogP contribution in [0.4, 0.5) is 15.8 Å². The molecule has 0 aromatic heterocycles. The lowest BCUT2D eigenvalue weighted by Crippen LogP contribution is -2.18. The number of benzene rings is 3. The molecule has 0 saturated heterocycles. The molecule has 0 bridgehead atoms. The van der Waals surface area contributed by atoms with Crippen LogP contribution in [0.3, 0.4) is 0 Å². The van der Waals surface area contributed by atoms with Crippen LogP contribution in [-0.4, -0.2) is 16.1 Å². The van der Waals surface area contributed by atoms with Crippen LogP contribution in [0.15, 0.2) is 60.7 Å². The normalized spacial score (nSPS) is 18.5. The smallest absolute Gasteiger partial charge is 0.257 e. The maximum Gasteiger partial charge on any atom is 0.257 e. The van der Waals surface area contributed by atoms with Crippen molar-refractivity contribution in [2.75, 3.05) is 10.6 Å². The largest absolute Gasteiger partial charge is 0.326 e. The van der Waals surface area contributed by atoms with Crippen LogP contribution in [0.1, 0.15) is 21.8 Å². The first-order chi connectivity index (χ1) is 15.6. The molecule has 0 spiro atoms. The molecule has 3 aromatic carbocycles. The summed E-state index contributed by atoms with van der Waals surface area (Å²) in [6, 6.07) is 14.7. The van der Waals surface area contributed by atoms with Gasteiger partial charge in [0.15, 0.2) is 0 Å². The van der Waals surface area contributed by atoms with E-state index in [4.69, 9.17) is 58.0 Å². The monoisotopic (exact) mass is 544 g/mol. The minimum absolute atomic E-state index is 0.0932. The highest BCUT2D eigenvalue weighted by Gasteiger charge is 2.67. The molecule has 2 N–H and O–H groups in total. The number of nitrogens with one attached hydrogen (secondary N) is 2. The number of anilines is 2. The average molecular weight is 547 g/mol. The summed E-state index contributed by atoms with van der Waals surface area (Å²) in [5.74, 6) is -2.79. The Morgan fingerprint density at radius 3 is 2.18 bits per heavy atom. The Labute approximate surface area is 213 Å². The zero-order chi connectivity index (χ0) is 23.9. The lowest BCUT2D eigenvalue weighted by Gasteiger charge is -2.10. The first-order valence-electron chi connectivity index (χ1n) is 9.57. The molecule has 2 amide bonds. The average Bonchev–Trinajstić information content (AvgIpc) is 3.31. The van der Waals surface area contributed by atoms with Crippen LogP contribution < -0.4 is 10.6 Å². The van der Waals surface area contributed by atoms with E-state index in [2.05, 4.69) is 10.6 Å². The SMILES string of the molecule is O=C(Nc1cccc(F)c1)c1cc(NC(=O)[C@H]2[C@H](c3cc(Cl)cc(Cl)c3)C2(Cl)Cl)ccc1Cl. The zero-order valence-electron chi connectivity index (χ0n) is 16.5. The Morgan fingerprint density at radius 1 is 0.848 bits per heavy atom. The molecule has 4 nitrogen and oxygen atoms in total. The number of carbonyl (C=O) groups excluding carboxylic acids is 2. The van der Waals surface area contributed by atoms with Crippen molar-refractivity contribution in [3.63, 3.8) is 0 Å². The molecule has 170 valence electrons. The molecule has 0 heterocycles. The minimum atomic E-state index is -1.35. The summed E-state index contributed by atoms with van der Waals surface area (Å²) in [4.78, 5) is 25.6. The van der Waals surface area contributed by atoms with Gasteiger partial charge in [-0.05, 0) is 60.2 Å². The summed E-state index contributed by atoms with van der Waals surface area (Å²) >= 11 is 31.1. The molecule has 33 heavy (non-hydrogen) atoms. The molecular weight excluding hydrogens is 533 g/mol. The van der Waals surface area contributed by atoms with Gasteiger partial charge in [0, 0.05) is 27.3 Å². The van der Waals surface area contributed by atoms with E-state index in [1.54, 1.807) is 18.2 Å². The highest BCUT2D eigenvalue weighted by atomic mass is 35.5. The molecular formula is C23H14Cl5FN2O2. The Kier molecular flexibility index (Phi) is 6.81. The van der Waals surface area contributed by atoms with Gasteiger partial charge in [0.05, 0.1) is 16.5 Å². The molecule has 3 aromatic rings. The maximum atomic E-state index is 13.4. The van der Waals surface area contributed by atoms with E-state index in [1.807, 2.05) is 0 Å². The lowest BCUT2D eigenvalue weighted by molar-refractivity contribution is -0.117. The van der Waals surface area contributed by atoms with E-state index in [1.165, 1.54) is 42.5 Å². The predicted molar refractivity (Wildman–Crippen MR) is 132 cm³/mol. The van der Waals surface area contributed by atoms with Crippen molar-refractivity contribution in [1.82, 2.24) is 0 Å². The third-order valence-corrected chi connectivity index (χ3v) is 6.85. The summed E-state index contributed by atoms with van der Waals surface area (Å²) in [5, 5.41) is 6.24. The van der Waals surface area contributed by atoms with Crippen LogP contribution >= 0.6 is 58.0 Å². The molecule has 0 aliphatic heterocycles. The Balaban J connectivity index is 1.51. The summed E-state index contributed by atoms with van der Waals surface area (Å²) < 4.78 is 12.0. The highest BCUT2D eigenvalue weighted by molar-refractivity contribution is 6.53. The zero-order valence-corrected chi connectivity index (χ0v) is 20.3. The van der Waals surface area contributed by atoms with Crippen molar-refractivity contribution >= 4 is 81.2 Å². The number of hydrogen-bond donors (Lipinski definition) is 2. The van der Waals surface area contributed by atoms with Crippen LogP contribution in [0, 0.1) is 11.7 Å². The molecule has 4 rings (SSSR count). The minimum Gasteiger partial charge on any atom is -0.326 e. The van der Waals surface area contributed by atoms with Gasteiger partial charge in [-0.2, -0.15) is 0 Å². The predicted octanol–water partition coefficient (Wildman–Crippen LogP) is 7.56. The van der Waals surface area contributed by atoms with Gasteiger partial charge in [-0.1, -0.05) is 40.9 Å². The molecule has 1 aliphatic rings. The number of hydrogen-bond acceptors (Lipinski definition) is 2. The Morgan fingerprint density at radius 2 is 1.52 bits per heavy atom. The highest BCUT2D eigenvalue weighted by Crippen LogP contribution is 2.65. The van der Waals surface area contributed by atoms with E-state index in [-0.39, 0.29) is 16.3 Å². The third-order valence-electron chi connectivity index (χ3n) is 5.14. The van der Waals surface area contributed by atoms with Gasteiger partial charge in [-0.3, -0.25) is 9.59 Å². The second kappa shape index (κ2) is 9.32. The van der Waals surface area contributed by atoms with Gasteiger partial charge in [0.25, 0.3) is 5.91 Å². The van der Waals surface area contributed by atoms with Crippen molar-refractivity contribution in [1.29, 1.82) is 0 Å². The van der Waals surface area contributed by atoms with Gasteiger partial charge in [-0.15, -0.1) is 23.2 Å². The van der Waals surface area contributed by atoms with Crippen LogP contribution in [0.25, 0.3) is 0 Å². The van der Waals surface area contributed by atoms with Gasteiger partial charge >= 0.3 is 0 Å². The van der Waals surface area contributed by atoms with E-state index in [0.29, 0.717) is 21.3 Å². The van der Waals surface area contributed by atoms with E-state index in [9.17, 15) is 14.0 Å². The number of rotatable bonds is 5. The summed E-state index contributed by atoms with van der Waals surface area (Å²) in [5.41, 5.74) is 1.31. The summed E-state index contributed by atoms with van der Waals surface area (Å²) in [7, 11) is 0. The summed E-state index contributed by atoms with van der Waals surface area (Å²) in [6.45, 7) is 0. The quantitative estimate of drug-likeness (QED) is 0.325. The van der Waals surface area contributed by atoms with Crippen molar-refractivity contribution in [3.05, 3.63) is 92.7 Å². The topological polar surface area (TPSA) is 58.2 Å². The second-order valence-corrected chi connectivity index (χ2v) is 10.2. The molecule has 2 atom stereocenters. The van der Waals surface area contributed by atoms with E-state index < -0.39 is 33.8 Å². The Bertz CT molecular complexity index is 1250. The van der Waals surface area contributed by atoms with Crippen molar-refractivity contribution in [2.45, 2.75) is 10.3 Å². The maximum absolute atomic E-state index is 13.4. The molecule has 1 saturated carbocycles. The standard InChI is InChI=1S/C23H14Cl5FN2O2/c24-12-6-11(7-13(25)8-12)19-20(23(19,27)28)22(33)31-16-4-5-18(26)17(10-16)21(32)30-15-3-1-2-14(29)9-15/h1-10,19-20H,(H,30,32)(H,31,33)/t19-,20+/m0/s1. The lowest BCUT2D eigenvalue weighted by atomic mass is 10.1. The fourth-order valence-corrected chi connectivity index (χ4v) is 5.16. The first-order valence-corrected chi connectivity index (χ1v) is 11.5. The van der Waals surface area contributed by atoms with Crippen molar-refractivity contribution in [3.8, 4) is 0 Å². The van der Waals surface area contributed by atoms with Crippen LogP contribution in [0.2, 0.25) is 15.1 Å². The Hall–Kier alpha value is -2.02. The first kappa shape index (κ1) is 24.1. The van der Waals surface area contributed by atoms with Crippen molar-refractivity contribution in [2.24, 2.45) is 5.92 Å². The molecule has 10 heteroatoms. The van der Waals surface area contributed by atoms with Crippen LogP contribution in [-0.2, 0) is 4.79 Å². The summed E-state index contributed by atoms with van der Waals surface area (Å²) in [6.07, 6.45) is 0. The fraction of sp³-hybridized carbons (Fsp3) is 0.130. The van der Waals surface area contributed by atoms with Crippen LogP contribution in [0.5, 0.6) is 0 Å². The number of halogens is 6.